The van der Waals surface area contributed by atoms with Crippen LogP contribution < -0.4 is 0 Å². The number of nitrogens with zero attached hydrogens (tertiary/aromatic N) is 2. The molecule has 1 amide bonds. The Morgan fingerprint density at radius 3 is 3.09 bits per heavy atom. The molecule has 2 heterocycles. The second kappa shape index (κ2) is 5.38. The number of rotatable bonds is 1. The van der Waals surface area contributed by atoms with Gasteiger partial charge in [0.1, 0.15) is 0 Å². The van der Waals surface area contributed by atoms with Crippen molar-refractivity contribution in [2.45, 2.75) is 38.0 Å². The molecule has 4 nitrogen and oxygen atoms in total. The molecule has 2 aromatic rings. The van der Waals surface area contributed by atoms with Gasteiger partial charge in [-0.2, -0.15) is 5.10 Å². The third-order valence-corrected chi connectivity index (χ3v) is 5.81. The number of hydrogen-bond donors (Lipinski definition) is 1. The molecule has 1 aromatic carbocycles. The quantitative estimate of drug-likeness (QED) is 0.870. The Bertz CT molecular complexity index is 769. The number of likely N-dealkylation sites (tertiary alicyclic amines) is 1. The minimum atomic E-state index is 0.0706. The van der Waals surface area contributed by atoms with Crippen LogP contribution in [0.1, 0.15) is 46.4 Å². The van der Waals surface area contributed by atoms with Crippen molar-refractivity contribution in [1.82, 2.24) is 15.1 Å². The van der Waals surface area contributed by atoms with Crippen LogP contribution in [0.2, 0.25) is 5.02 Å². The molecule has 1 saturated heterocycles. The van der Waals surface area contributed by atoms with Crippen molar-refractivity contribution in [3.63, 3.8) is 0 Å². The molecule has 5 heteroatoms. The summed E-state index contributed by atoms with van der Waals surface area (Å²) in [6.07, 6.45) is 6.28. The van der Waals surface area contributed by atoms with E-state index in [1.165, 1.54) is 11.3 Å². The molecule has 120 valence electrons. The number of nitrogens with one attached hydrogen (secondary N) is 1. The standard InChI is InChI=1S/C18H20ClN3O/c1-12-9-13(3-4-15(12)19)17(23)22-8-2-6-18(11-22)7-5-14-10-20-21-16(14)18/h3-4,9-10H,2,5-8,11H2,1H3,(H,20,21). The van der Waals surface area contributed by atoms with Gasteiger partial charge in [0.2, 0.25) is 0 Å². The van der Waals surface area contributed by atoms with E-state index in [0.29, 0.717) is 5.02 Å². The zero-order valence-electron chi connectivity index (χ0n) is 13.2. The van der Waals surface area contributed by atoms with Gasteiger partial charge < -0.3 is 4.90 Å². The van der Waals surface area contributed by atoms with Gasteiger partial charge in [0, 0.05) is 34.8 Å². The molecule has 1 unspecified atom stereocenters. The number of hydrogen-bond acceptors (Lipinski definition) is 2. The van der Waals surface area contributed by atoms with Gasteiger partial charge in [0.25, 0.3) is 5.91 Å². The fourth-order valence-corrected chi connectivity index (χ4v) is 4.25. The van der Waals surface area contributed by atoms with Crippen LogP contribution >= 0.6 is 11.6 Å². The monoisotopic (exact) mass is 329 g/mol. The summed E-state index contributed by atoms with van der Waals surface area (Å²) in [4.78, 5) is 14.9. The molecule has 1 aromatic heterocycles. The Morgan fingerprint density at radius 2 is 2.26 bits per heavy atom. The average molecular weight is 330 g/mol. The zero-order valence-corrected chi connectivity index (χ0v) is 14.0. The van der Waals surface area contributed by atoms with Gasteiger partial charge in [-0.15, -0.1) is 0 Å². The van der Waals surface area contributed by atoms with Crippen LogP contribution in [-0.2, 0) is 11.8 Å². The van der Waals surface area contributed by atoms with E-state index in [2.05, 4.69) is 10.2 Å². The Morgan fingerprint density at radius 1 is 1.39 bits per heavy atom. The summed E-state index contributed by atoms with van der Waals surface area (Å²) in [5.74, 6) is 0.108. The van der Waals surface area contributed by atoms with E-state index in [-0.39, 0.29) is 11.3 Å². The van der Waals surface area contributed by atoms with Gasteiger partial charge in [-0.25, -0.2) is 0 Å². The lowest BCUT2D eigenvalue weighted by Crippen LogP contribution is -2.47. The highest BCUT2D eigenvalue weighted by Gasteiger charge is 2.44. The number of benzene rings is 1. The van der Waals surface area contributed by atoms with E-state index in [9.17, 15) is 4.79 Å². The number of piperidine rings is 1. The Hall–Kier alpha value is -1.81. The molecular weight excluding hydrogens is 310 g/mol. The minimum Gasteiger partial charge on any atom is -0.338 e. The number of fused-ring (bicyclic) bond motifs is 2. The van der Waals surface area contributed by atoms with Crippen LogP contribution in [0.3, 0.4) is 0 Å². The second-order valence-electron chi connectivity index (χ2n) is 6.84. The lowest BCUT2D eigenvalue weighted by atomic mass is 9.77. The number of amides is 1. The van der Waals surface area contributed by atoms with Gasteiger partial charge in [0.15, 0.2) is 0 Å². The molecule has 1 fully saturated rings. The molecule has 1 N–H and O–H groups in total. The van der Waals surface area contributed by atoms with Crippen molar-refractivity contribution in [1.29, 1.82) is 0 Å². The van der Waals surface area contributed by atoms with E-state index < -0.39 is 0 Å². The van der Waals surface area contributed by atoms with Gasteiger partial charge in [-0.1, -0.05) is 11.6 Å². The number of halogens is 1. The molecule has 1 atom stereocenters. The number of carbonyl (C=O) groups excluding carboxylic acids is 1. The maximum absolute atomic E-state index is 12.9. The topological polar surface area (TPSA) is 49.0 Å². The molecule has 23 heavy (non-hydrogen) atoms. The normalized spacial score (nSPS) is 23.3. The van der Waals surface area contributed by atoms with Crippen LogP contribution in [-0.4, -0.2) is 34.1 Å². The summed E-state index contributed by atoms with van der Waals surface area (Å²) in [6.45, 7) is 3.54. The maximum atomic E-state index is 12.9. The van der Waals surface area contributed by atoms with Crippen LogP contribution in [0.25, 0.3) is 0 Å². The number of aromatic nitrogens is 2. The van der Waals surface area contributed by atoms with E-state index in [0.717, 1.165) is 49.9 Å². The van der Waals surface area contributed by atoms with Gasteiger partial charge in [-0.3, -0.25) is 9.89 Å². The number of aromatic amines is 1. The van der Waals surface area contributed by atoms with E-state index in [1.807, 2.05) is 36.2 Å². The van der Waals surface area contributed by atoms with Crippen LogP contribution in [0, 0.1) is 6.92 Å². The Labute approximate surface area is 140 Å². The third kappa shape index (κ3) is 2.36. The Balaban J connectivity index is 1.60. The second-order valence-corrected chi connectivity index (χ2v) is 7.25. The smallest absolute Gasteiger partial charge is 0.253 e. The highest BCUT2D eigenvalue weighted by molar-refractivity contribution is 6.31. The first-order chi connectivity index (χ1) is 11.1. The van der Waals surface area contributed by atoms with Crippen molar-refractivity contribution in [3.8, 4) is 0 Å². The minimum absolute atomic E-state index is 0.0706. The number of H-pyrrole nitrogens is 1. The molecule has 2 aliphatic rings. The van der Waals surface area contributed by atoms with E-state index in [1.54, 1.807) is 0 Å². The van der Waals surface area contributed by atoms with Gasteiger partial charge in [0.05, 0.1) is 6.20 Å². The first-order valence-corrected chi connectivity index (χ1v) is 8.55. The summed E-state index contributed by atoms with van der Waals surface area (Å²) in [5.41, 5.74) is 4.32. The van der Waals surface area contributed by atoms with Crippen molar-refractivity contribution in [3.05, 3.63) is 51.8 Å². The zero-order chi connectivity index (χ0) is 16.0. The summed E-state index contributed by atoms with van der Waals surface area (Å²) in [7, 11) is 0. The van der Waals surface area contributed by atoms with Crippen molar-refractivity contribution >= 4 is 17.5 Å². The highest BCUT2D eigenvalue weighted by atomic mass is 35.5. The summed E-state index contributed by atoms with van der Waals surface area (Å²) in [5, 5.41) is 8.09. The molecule has 1 aliphatic carbocycles. The number of carbonyl (C=O) groups is 1. The van der Waals surface area contributed by atoms with Crippen molar-refractivity contribution in [2.75, 3.05) is 13.1 Å². The van der Waals surface area contributed by atoms with Gasteiger partial charge >= 0.3 is 0 Å². The molecule has 0 saturated carbocycles. The fourth-order valence-electron chi connectivity index (χ4n) is 4.13. The van der Waals surface area contributed by atoms with Crippen LogP contribution in [0.4, 0.5) is 0 Å². The predicted octanol–water partition coefficient (Wildman–Crippen LogP) is 3.49. The predicted molar refractivity (Wildman–Crippen MR) is 89.9 cm³/mol. The van der Waals surface area contributed by atoms with E-state index in [4.69, 9.17) is 11.6 Å². The SMILES string of the molecule is Cc1cc(C(=O)N2CCCC3(CCc4cn[nH]c43)C2)ccc1Cl. The molecule has 0 bridgehead atoms. The average Bonchev–Trinajstić information content (AvgIpc) is 3.15. The first-order valence-electron chi connectivity index (χ1n) is 8.17. The summed E-state index contributed by atoms with van der Waals surface area (Å²) < 4.78 is 0. The van der Waals surface area contributed by atoms with Crippen molar-refractivity contribution < 1.29 is 4.79 Å². The lowest BCUT2D eigenvalue weighted by Gasteiger charge is -2.40. The van der Waals surface area contributed by atoms with Crippen molar-refractivity contribution in [2.24, 2.45) is 0 Å². The molecule has 4 rings (SSSR count). The third-order valence-electron chi connectivity index (χ3n) is 5.39. The maximum Gasteiger partial charge on any atom is 0.253 e. The number of aryl methyl sites for hydroxylation is 2. The fraction of sp³-hybridized carbons (Fsp3) is 0.444. The van der Waals surface area contributed by atoms with Crippen LogP contribution in [0.5, 0.6) is 0 Å². The largest absolute Gasteiger partial charge is 0.338 e. The van der Waals surface area contributed by atoms with E-state index >= 15 is 0 Å². The molecular formula is C18H20ClN3O. The summed E-state index contributed by atoms with van der Waals surface area (Å²) in [6, 6.07) is 5.53. The molecule has 0 radical (unpaired) electrons. The molecule has 1 spiro atoms. The first kappa shape index (κ1) is 14.8. The summed E-state index contributed by atoms with van der Waals surface area (Å²) >= 11 is 6.08. The lowest BCUT2D eigenvalue weighted by molar-refractivity contribution is 0.0633. The van der Waals surface area contributed by atoms with Crippen LogP contribution in [0.15, 0.2) is 24.4 Å². The Kier molecular flexibility index (Phi) is 3.45. The van der Waals surface area contributed by atoms with Gasteiger partial charge in [-0.05, 0) is 61.9 Å². The highest BCUT2D eigenvalue weighted by Crippen LogP contribution is 2.44. The molecule has 1 aliphatic heterocycles.